The van der Waals surface area contributed by atoms with Crippen LogP contribution in [0.1, 0.15) is 80.6 Å². The predicted octanol–water partition coefficient (Wildman–Crippen LogP) is 5.42. The van der Waals surface area contributed by atoms with Gasteiger partial charge in [0.05, 0.1) is 6.17 Å². The van der Waals surface area contributed by atoms with E-state index in [2.05, 4.69) is 76.3 Å². The number of nitrogens with one attached hydrogen (secondary N) is 3. The summed E-state index contributed by atoms with van der Waals surface area (Å²) in [7, 11) is 0. The Bertz CT molecular complexity index is 1280. The summed E-state index contributed by atoms with van der Waals surface area (Å²) in [5.41, 5.74) is 13.5. The molecule has 0 spiro atoms. The molecule has 0 saturated carbocycles. The van der Waals surface area contributed by atoms with Crippen molar-refractivity contribution in [1.82, 2.24) is 31.3 Å². The van der Waals surface area contributed by atoms with Crippen LogP contribution in [0.4, 0.5) is 0 Å². The van der Waals surface area contributed by atoms with Gasteiger partial charge in [0.15, 0.2) is 6.10 Å². The van der Waals surface area contributed by atoms with Crippen molar-refractivity contribution in [2.45, 2.75) is 78.0 Å². The smallest absolute Gasteiger partial charge is 0.219 e. The number of allylic oxidation sites excluding steroid dienone is 3. The van der Waals surface area contributed by atoms with Crippen LogP contribution in [-0.4, -0.2) is 33.3 Å². The second kappa shape index (κ2) is 15.0. The normalized spacial score (nSPS) is 15.9. The number of unbranched alkanes of at least 4 members (excludes halogenated alkanes) is 1. The van der Waals surface area contributed by atoms with E-state index in [1.54, 1.807) is 0 Å². The largest absolute Gasteiger partial charge is 0.477 e. The van der Waals surface area contributed by atoms with Gasteiger partial charge in [-0.15, -0.1) is 10.2 Å². The van der Waals surface area contributed by atoms with Gasteiger partial charge in [-0.1, -0.05) is 87.4 Å². The summed E-state index contributed by atoms with van der Waals surface area (Å²) < 4.78 is 6.78. The third-order valence-electron chi connectivity index (χ3n) is 7.13. The molecule has 0 fully saturated rings. The molecule has 3 aromatic rings. The molecule has 1 aliphatic heterocycles. The zero-order valence-corrected chi connectivity index (χ0v) is 24.0. The quantitative estimate of drug-likeness (QED) is 0.203. The monoisotopic (exact) mass is 541 g/mol. The van der Waals surface area contributed by atoms with Crippen molar-refractivity contribution in [3.8, 4) is 5.75 Å². The Hall–Kier alpha value is -3.91. The van der Waals surface area contributed by atoms with Crippen LogP contribution >= 0.6 is 0 Å². The third-order valence-corrected chi connectivity index (χ3v) is 7.13. The standard InChI is InChI=1S/C32H43N7O/c1-4-7-16-28(33)27(22-35-29-17-11-12-18-34-29)21-23-19-24(6-3)30(26(20-23)13-5-2)40-31(32-36-38-39-37-32)25-14-9-8-10-15-25/h8-12,14-15,17-20,29,31,34-35H,4-7,13,16,21-22,33H2,1-3H3,(H,36,37,38,39)/b28-27-. The second-order valence-corrected chi connectivity index (χ2v) is 10.2. The van der Waals surface area contributed by atoms with Crippen LogP contribution in [0.3, 0.4) is 0 Å². The maximum Gasteiger partial charge on any atom is 0.219 e. The first-order valence-electron chi connectivity index (χ1n) is 14.5. The number of H-pyrrole nitrogens is 1. The van der Waals surface area contributed by atoms with E-state index in [9.17, 15) is 0 Å². The van der Waals surface area contributed by atoms with Crippen molar-refractivity contribution in [3.63, 3.8) is 0 Å². The molecule has 1 aliphatic rings. The summed E-state index contributed by atoms with van der Waals surface area (Å²) in [6, 6.07) is 14.7. The highest BCUT2D eigenvalue weighted by molar-refractivity contribution is 5.47. The predicted molar refractivity (Wildman–Crippen MR) is 161 cm³/mol. The highest BCUT2D eigenvalue weighted by Gasteiger charge is 2.24. The van der Waals surface area contributed by atoms with Crippen LogP contribution < -0.4 is 21.1 Å². The van der Waals surface area contributed by atoms with Crippen molar-refractivity contribution >= 4 is 0 Å². The third kappa shape index (κ3) is 7.82. The van der Waals surface area contributed by atoms with Gasteiger partial charge >= 0.3 is 0 Å². The Morgan fingerprint density at radius 1 is 1.07 bits per heavy atom. The molecule has 4 rings (SSSR count). The fraction of sp³-hybridized carbons (Fsp3) is 0.406. The van der Waals surface area contributed by atoms with Gasteiger partial charge in [0.25, 0.3) is 0 Å². The Kier molecular flexibility index (Phi) is 10.9. The van der Waals surface area contributed by atoms with Crippen LogP contribution in [0, 0.1) is 0 Å². The van der Waals surface area contributed by atoms with Gasteiger partial charge < -0.3 is 15.8 Å². The molecule has 2 atom stereocenters. The van der Waals surface area contributed by atoms with E-state index < -0.39 is 6.10 Å². The number of nitrogens with zero attached hydrogens (tertiary/aromatic N) is 3. The number of ether oxygens (including phenoxy) is 1. The molecule has 2 heterocycles. The summed E-state index contributed by atoms with van der Waals surface area (Å²) in [5, 5.41) is 21.9. The number of hydrogen-bond donors (Lipinski definition) is 4. The van der Waals surface area contributed by atoms with E-state index in [0.29, 0.717) is 5.82 Å². The molecule has 40 heavy (non-hydrogen) atoms. The van der Waals surface area contributed by atoms with Gasteiger partial charge in [-0.25, -0.2) is 0 Å². The molecule has 212 valence electrons. The Balaban J connectivity index is 1.65. The van der Waals surface area contributed by atoms with Gasteiger partial charge in [0, 0.05) is 17.8 Å². The number of aromatic amines is 1. The topological polar surface area (TPSA) is 114 Å². The number of tetrazole rings is 1. The Labute approximate surface area is 238 Å². The van der Waals surface area contributed by atoms with Crippen LogP contribution in [0.5, 0.6) is 5.75 Å². The summed E-state index contributed by atoms with van der Waals surface area (Å²) in [5.74, 6) is 1.43. The first-order valence-corrected chi connectivity index (χ1v) is 14.5. The Morgan fingerprint density at radius 3 is 2.58 bits per heavy atom. The molecule has 8 heteroatoms. The van der Waals surface area contributed by atoms with Crippen molar-refractivity contribution in [2.75, 3.05) is 6.54 Å². The van der Waals surface area contributed by atoms with Gasteiger partial charge in [-0.2, -0.15) is 5.21 Å². The van der Waals surface area contributed by atoms with Gasteiger partial charge in [0.2, 0.25) is 5.82 Å². The maximum atomic E-state index is 6.78. The SMILES string of the molecule is CCCC/C(N)=C(/CNC1C=CC=CN1)Cc1cc(CC)c(OC(c2ccccc2)c2nn[nH]n2)c(CCC)c1. The van der Waals surface area contributed by atoms with Crippen molar-refractivity contribution in [1.29, 1.82) is 0 Å². The molecule has 0 bridgehead atoms. The number of aromatic nitrogens is 4. The van der Waals surface area contributed by atoms with E-state index >= 15 is 0 Å². The zero-order chi connectivity index (χ0) is 28.2. The average molecular weight is 542 g/mol. The molecule has 0 saturated heterocycles. The number of hydrogen-bond acceptors (Lipinski definition) is 7. The number of dihydropyridines is 1. The van der Waals surface area contributed by atoms with Crippen LogP contribution in [-0.2, 0) is 19.3 Å². The molecule has 2 unspecified atom stereocenters. The molecule has 0 aliphatic carbocycles. The van der Waals surface area contributed by atoms with E-state index in [1.165, 1.54) is 22.3 Å². The van der Waals surface area contributed by atoms with Crippen molar-refractivity contribution < 1.29 is 4.74 Å². The molecule has 0 radical (unpaired) electrons. The van der Waals surface area contributed by atoms with E-state index in [-0.39, 0.29) is 6.17 Å². The summed E-state index contributed by atoms with van der Waals surface area (Å²) in [6.07, 6.45) is 14.5. The van der Waals surface area contributed by atoms with E-state index in [1.807, 2.05) is 42.6 Å². The minimum Gasteiger partial charge on any atom is -0.477 e. The fourth-order valence-corrected chi connectivity index (χ4v) is 4.98. The molecule has 0 amide bonds. The minimum absolute atomic E-state index is 0.0941. The number of aryl methyl sites for hydroxylation is 2. The summed E-state index contributed by atoms with van der Waals surface area (Å²) in [6.45, 7) is 7.31. The first kappa shape index (κ1) is 29.1. The molecule has 8 nitrogen and oxygen atoms in total. The summed E-state index contributed by atoms with van der Waals surface area (Å²) in [4.78, 5) is 0. The zero-order valence-electron chi connectivity index (χ0n) is 24.0. The maximum absolute atomic E-state index is 6.78. The van der Waals surface area contributed by atoms with Crippen LogP contribution in [0.2, 0.25) is 0 Å². The molecule has 2 aromatic carbocycles. The first-order chi connectivity index (χ1) is 19.6. The highest BCUT2D eigenvalue weighted by Crippen LogP contribution is 2.34. The lowest BCUT2D eigenvalue weighted by Gasteiger charge is -2.23. The van der Waals surface area contributed by atoms with Crippen molar-refractivity contribution in [2.24, 2.45) is 5.73 Å². The summed E-state index contributed by atoms with van der Waals surface area (Å²) >= 11 is 0. The molecular weight excluding hydrogens is 498 g/mol. The number of benzene rings is 2. The average Bonchev–Trinajstić information content (AvgIpc) is 3.53. The fourth-order valence-electron chi connectivity index (χ4n) is 4.98. The Morgan fingerprint density at radius 2 is 1.90 bits per heavy atom. The highest BCUT2D eigenvalue weighted by atomic mass is 16.5. The van der Waals surface area contributed by atoms with Gasteiger partial charge in [-0.05, 0) is 72.7 Å². The lowest BCUT2D eigenvalue weighted by molar-refractivity contribution is 0.232. The van der Waals surface area contributed by atoms with Gasteiger partial charge in [0.1, 0.15) is 5.75 Å². The van der Waals surface area contributed by atoms with Gasteiger partial charge in [-0.3, -0.25) is 5.32 Å². The minimum atomic E-state index is -0.457. The number of nitrogens with two attached hydrogens (primary N) is 1. The van der Waals surface area contributed by atoms with Crippen LogP contribution in [0.25, 0.3) is 0 Å². The van der Waals surface area contributed by atoms with Crippen molar-refractivity contribution in [3.05, 3.63) is 106 Å². The number of rotatable bonds is 15. The molecular formula is C32H43N7O. The van der Waals surface area contributed by atoms with E-state index in [0.717, 1.165) is 68.5 Å². The second-order valence-electron chi connectivity index (χ2n) is 10.2. The lowest BCUT2D eigenvalue weighted by Crippen LogP contribution is -2.40. The molecule has 1 aromatic heterocycles. The molecule has 5 N–H and O–H groups in total. The van der Waals surface area contributed by atoms with Crippen LogP contribution in [0.15, 0.2) is 78.2 Å². The van der Waals surface area contributed by atoms with E-state index in [4.69, 9.17) is 10.5 Å². The lowest BCUT2D eigenvalue weighted by atomic mass is 9.94.